The summed E-state index contributed by atoms with van der Waals surface area (Å²) in [5.41, 5.74) is 0.286. The minimum Gasteiger partial charge on any atom is -0.396 e. The molecule has 0 saturated heterocycles. The normalized spacial score (nSPS) is 21.1. The van der Waals surface area contributed by atoms with Gasteiger partial charge < -0.3 is 10.4 Å². The molecule has 0 atom stereocenters. The van der Waals surface area contributed by atoms with Crippen LogP contribution in [0, 0.1) is 24.6 Å². The number of aryl methyl sites for hydroxylation is 1. The second-order valence-electron chi connectivity index (χ2n) is 6.61. The Bertz CT molecular complexity index is 701. The maximum atomic E-state index is 13.1. The lowest BCUT2D eigenvalue weighted by atomic mass is 9.82. The molecule has 0 unspecified atom stereocenters. The summed E-state index contributed by atoms with van der Waals surface area (Å²) < 4.78 is 39.7. The van der Waals surface area contributed by atoms with E-state index in [0.717, 1.165) is 37.8 Å². The molecule has 1 aromatic carbocycles. The van der Waals surface area contributed by atoms with Gasteiger partial charge in [0.05, 0.1) is 11.4 Å². The highest BCUT2D eigenvalue weighted by atomic mass is 32.2. The van der Waals surface area contributed by atoms with E-state index < -0.39 is 21.7 Å². The molecular formula is C17H25FN2O4S. The average molecular weight is 372 g/mol. The molecule has 0 heterocycles. The van der Waals surface area contributed by atoms with Crippen molar-refractivity contribution in [3.05, 3.63) is 29.6 Å². The van der Waals surface area contributed by atoms with Crippen LogP contribution in [0.15, 0.2) is 23.1 Å². The lowest BCUT2D eigenvalue weighted by Crippen LogP contribution is -2.39. The number of hydrogen-bond acceptors (Lipinski definition) is 4. The van der Waals surface area contributed by atoms with E-state index >= 15 is 0 Å². The average Bonchev–Trinajstić information content (AvgIpc) is 2.58. The first-order valence-corrected chi connectivity index (χ1v) is 9.93. The Labute approximate surface area is 147 Å². The number of benzene rings is 1. The van der Waals surface area contributed by atoms with Gasteiger partial charge in [-0.05, 0) is 68.2 Å². The van der Waals surface area contributed by atoms with Gasteiger partial charge in [0, 0.05) is 13.2 Å². The van der Waals surface area contributed by atoms with Crippen LogP contribution in [0.2, 0.25) is 0 Å². The van der Waals surface area contributed by atoms with Crippen molar-refractivity contribution in [1.29, 1.82) is 0 Å². The number of amides is 1. The zero-order valence-electron chi connectivity index (χ0n) is 14.3. The molecule has 1 fully saturated rings. The maximum absolute atomic E-state index is 13.1. The Hall–Kier alpha value is -1.51. The van der Waals surface area contributed by atoms with E-state index in [0.29, 0.717) is 18.4 Å². The minimum atomic E-state index is -3.86. The molecule has 25 heavy (non-hydrogen) atoms. The van der Waals surface area contributed by atoms with Crippen molar-refractivity contribution in [2.24, 2.45) is 11.8 Å². The monoisotopic (exact) mass is 372 g/mol. The number of sulfonamides is 1. The summed E-state index contributed by atoms with van der Waals surface area (Å²) >= 11 is 0. The van der Waals surface area contributed by atoms with Crippen LogP contribution in [0.4, 0.5) is 4.39 Å². The standard InChI is InChI=1S/C17H25FN2O4S/c1-12-8-15(18)6-7-16(12)25(23,24)20-10-17(22)19-9-13-2-4-14(11-21)5-3-13/h6-8,13-14,20-21H,2-5,9-11H2,1H3,(H,19,22). The lowest BCUT2D eigenvalue weighted by molar-refractivity contribution is -0.120. The quantitative estimate of drug-likeness (QED) is 0.673. The highest BCUT2D eigenvalue weighted by Crippen LogP contribution is 2.27. The number of rotatable bonds is 7. The van der Waals surface area contributed by atoms with Crippen molar-refractivity contribution in [3.8, 4) is 0 Å². The molecule has 1 aromatic rings. The maximum Gasteiger partial charge on any atom is 0.241 e. The Kier molecular flexibility index (Phi) is 6.92. The minimum absolute atomic E-state index is 0.0379. The van der Waals surface area contributed by atoms with Crippen molar-refractivity contribution in [1.82, 2.24) is 10.0 Å². The smallest absolute Gasteiger partial charge is 0.241 e. The molecule has 1 aliphatic carbocycles. The number of hydrogen-bond donors (Lipinski definition) is 3. The molecule has 0 bridgehead atoms. The first kappa shape index (κ1) is 19.8. The fourth-order valence-corrected chi connectivity index (χ4v) is 4.30. The van der Waals surface area contributed by atoms with E-state index in [9.17, 15) is 17.6 Å². The molecule has 0 aliphatic heterocycles. The van der Waals surface area contributed by atoms with Crippen molar-refractivity contribution in [2.75, 3.05) is 19.7 Å². The fourth-order valence-electron chi connectivity index (χ4n) is 3.09. The lowest BCUT2D eigenvalue weighted by Gasteiger charge is -2.27. The van der Waals surface area contributed by atoms with Crippen molar-refractivity contribution in [2.45, 2.75) is 37.5 Å². The topological polar surface area (TPSA) is 95.5 Å². The van der Waals surface area contributed by atoms with Gasteiger partial charge >= 0.3 is 0 Å². The fraction of sp³-hybridized carbons (Fsp3) is 0.588. The largest absolute Gasteiger partial charge is 0.396 e. The van der Waals surface area contributed by atoms with Crippen LogP contribution in [0.1, 0.15) is 31.2 Å². The number of aliphatic hydroxyl groups is 1. The number of nitrogens with one attached hydrogen (secondary N) is 2. The molecule has 0 radical (unpaired) electrons. The predicted molar refractivity (Wildman–Crippen MR) is 91.9 cm³/mol. The Morgan fingerprint density at radius 3 is 2.48 bits per heavy atom. The summed E-state index contributed by atoms with van der Waals surface area (Å²) in [6, 6.07) is 3.40. The molecule has 140 valence electrons. The van der Waals surface area contributed by atoms with E-state index in [4.69, 9.17) is 5.11 Å². The van der Waals surface area contributed by atoms with E-state index in [1.54, 1.807) is 0 Å². The molecule has 1 aliphatic rings. The third-order valence-corrected chi connectivity index (χ3v) is 6.22. The van der Waals surface area contributed by atoms with Crippen molar-refractivity contribution in [3.63, 3.8) is 0 Å². The van der Waals surface area contributed by atoms with Gasteiger partial charge in [-0.1, -0.05) is 0 Å². The van der Waals surface area contributed by atoms with Gasteiger partial charge in [-0.15, -0.1) is 0 Å². The van der Waals surface area contributed by atoms with Crippen LogP contribution in [-0.4, -0.2) is 39.1 Å². The van der Waals surface area contributed by atoms with Gasteiger partial charge in [-0.2, -0.15) is 0 Å². The van der Waals surface area contributed by atoms with Crippen LogP contribution in [0.3, 0.4) is 0 Å². The van der Waals surface area contributed by atoms with Gasteiger partial charge in [0.15, 0.2) is 0 Å². The van der Waals surface area contributed by atoms with Gasteiger partial charge in [0.2, 0.25) is 15.9 Å². The Morgan fingerprint density at radius 2 is 1.88 bits per heavy atom. The van der Waals surface area contributed by atoms with E-state index in [1.807, 2.05) is 0 Å². The Balaban J connectivity index is 1.79. The van der Waals surface area contributed by atoms with Gasteiger partial charge in [-0.25, -0.2) is 17.5 Å². The number of aliphatic hydroxyl groups excluding tert-OH is 1. The van der Waals surface area contributed by atoms with Crippen LogP contribution < -0.4 is 10.0 Å². The summed E-state index contributed by atoms with van der Waals surface area (Å²) in [4.78, 5) is 11.8. The zero-order valence-corrected chi connectivity index (χ0v) is 15.1. The SMILES string of the molecule is Cc1cc(F)ccc1S(=O)(=O)NCC(=O)NCC1CCC(CO)CC1. The first-order valence-electron chi connectivity index (χ1n) is 8.45. The predicted octanol–water partition coefficient (Wildman–Crippen LogP) is 1.33. The van der Waals surface area contributed by atoms with Crippen molar-refractivity contribution >= 4 is 15.9 Å². The third-order valence-electron chi connectivity index (χ3n) is 4.66. The van der Waals surface area contributed by atoms with Crippen LogP contribution in [-0.2, 0) is 14.8 Å². The number of carbonyl (C=O) groups is 1. The summed E-state index contributed by atoms with van der Waals surface area (Å²) in [5, 5.41) is 11.9. The highest BCUT2D eigenvalue weighted by Gasteiger charge is 2.22. The second-order valence-corrected chi connectivity index (χ2v) is 8.34. The number of halogens is 1. The molecule has 0 spiro atoms. The van der Waals surface area contributed by atoms with Crippen LogP contribution in [0.25, 0.3) is 0 Å². The van der Waals surface area contributed by atoms with Crippen molar-refractivity contribution < 1.29 is 22.7 Å². The molecule has 6 nitrogen and oxygen atoms in total. The molecule has 3 N–H and O–H groups in total. The molecule has 1 saturated carbocycles. The molecule has 2 rings (SSSR count). The van der Waals surface area contributed by atoms with E-state index in [2.05, 4.69) is 10.0 Å². The summed E-state index contributed by atoms with van der Waals surface area (Å²) in [6.45, 7) is 1.86. The summed E-state index contributed by atoms with van der Waals surface area (Å²) in [6.07, 6.45) is 3.80. The second kappa shape index (κ2) is 8.73. The number of carbonyl (C=O) groups excluding carboxylic acids is 1. The molecular weight excluding hydrogens is 347 g/mol. The summed E-state index contributed by atoms with van der Waals surface area (Å²) in [7, 11) is -3.86. The van der Waals surface area contributed by atoms with E-state index in [-0.39, 0.29) is 23.6 Å². The van der Waals surface area contributed by atoms with Gasteiger partial charge in [0.25, 0.3) is 0 Å². The molecule has 1 amide bonds. The molecule has 8 heteroatoms. The Morgan fingerprint density at radius 1 is 1.24 bits per heavy atom. The first-order chi connectivity index (χ1) is 11.8. The third kappa shape index (κ3) is 5.76. The molecule has 0 aromatic heterocycles. The van der Waals surface area contributed by atoms with Crippen LogP contribution in [0.5, 0.6) is 0 Å². The highest BCUT2D eigenvalue weighted by molar-refractivity contribution is 7.89. The van der Waals surface area contributed by atoms with Gasteiger partial charge in [-0.3, -0.25) is 4.79 Å². The van der Waals surface area contributed by atoms with E-state index in [1.165, 1.54) is 13.0 Å². The zero-order chi connectivity index (χ0) is 18.4. The summed E-state index contributed by atoms with van der Waals surface area (Å²) in [5.74, 6) is -0.182. The van der Waals surface area contributed by atoms with Gasteiger partial charge in [0.1, 0.15) is 5.82 Å². The van der Waals surface area contributed by atoms with Crippen LogP contribution >= 0.6 is 0 Å².